The van der Waals surface area contributed by atoms with Crippen molar-refractivity contribution >= 4 is 29.2 Å². The van der Waals surface area contributed by atoms with Gasteiger partial charge in [0, 0.05) is 6.20 Å². The van der Waals surface area contributed by atoms with Crippen molar-refractivity contribution in [3.05, 3.63) is 35.6 Å². The van der Waals surface area contributed by atoms with E-state index in [4.69, 9.17) is 11.6 Å². The smallest absolute Gasteiger partial charge is 0.307 e. The first-order chi connectivity index (χ1) is 9.58. The standard InChI is InChI=1S/C14H13ClN2O3/c15-12-9(2-1-5-16-12)17-13(18)10-7-3-4-8(6-7)11(10)14(19)20/h1-5,7-8,10-11H,6H2,(H,17,18)(H,19,20). The Hall–Kier alpha value is -1.88. The molecule has 0 aliphatic heterocycles. The Morgan fingerprint density at radius 2 is 2.00 bits per heavy atom. The molecule has 0 aromatic carbocycles. The number of nitrogens with one attached hydrogen (secondary N) is 1. The Kier molecular flexibility index (Phi) is 3.22. The molecule has 4 atom stereocenters. The maximum absolute atomic E-state index is 12.4. The summed E-state index contributed by atoms with van der Waals surface area (Å²) in [5.41, 5.74) is 0.412. The highest BCUT2D eigenvalue weighted by atomic mass is 35.5. The summed E-state index contributed by atoms with van der Waals surface area (Å²) in [5.74, 6) is -2.46. The number of hydrogen-bond acceptors (Lipinski definition) is 3. The fourth-order valence-corrected chi connectivity index (χ4v) is 3.38. The number of carbonyl (C=O) groups is 2. The van der Waals surface area contributed by atoms with Gasteiger partial charge in [-0.2, -0.15) is 0 Å². The monoisotopic (exact) mass is 292 g/mol. The number of allylic oxidation sites excluding steroid dienone is 2. The molecular weight excluding hydrogens is 280 g/mol. The van der Waals surface area contributed by atoms with Gasteiger partial charge in [-0.3, -0.25) is 9.59 Å². The van der Waals surface area contributed by atoms with Crippen molar-refractivity contribution in [2.45, 2.75) is 6.42 Å². The van der Waals surface area contributed by atoms with Gasteiger partial charge in [0.15, 0.2) is 5.15 Å². The number of rotatable bonds is 3. The third-order valence-electron chi connectivity index (χ3n) is 4.06. The third-order valence-corrected chi connectivity index (χ3v) is 4.37. The lowest BCUT2D eigenvalue weighted by atomic mass is 9.82. The first kappa shape index (κ1) is 13.1. The molecule has 4 unspecified atom stereocenters. The van der Waals surface area contributed by atoms with Crippen LogP contribution in [0.5, 0.6) is 0 Å². The number of anilines is 1. The molecule has 104 valence electrons. The highest BCUT2D eigenvalue weighted by Gasteiger charge is 2.51. The maximum atomic E-state index is 12.4. The lowest BCUT2D eigenvalue weighted by Crippen LogP contribution is -2.36. The first-order valence-corrected chi connectivity index (χ1v) is 6.78. The van der Waals surface area contributed by atoms with Crippen LogP contribution in [0.25, 0.3) is 0 Å². The Balaban J connectivity index is 1.82. The molecule has 1 aromatic heterocycles. The molecule has 1 amide bonds. The normalized spacial score (nSPS) is 30.4. The minimum absolute atomic E-state index is 0.00320. The maximum Gasteiger partial charge on any atom is 0.307 e. The lowest BCUT2D eigenvalue weighted by molar-refractivity contribution is -0.146. The summed E-state index contributed by atoms with van der Waals surface area (Å²) in [6, 6.07) is 3.31. The number of pyridine rings is 1. The van der Waals surface area contributed by atoms with Crippen LogP contribution >= 0.6 is 11.6 Å². The van der Waals surface area contributed by atoms with E-state index in [9.17, 15) is 14.7 Å². The van der Waals surface area contributed by atoms with E-state index >= 15 is 0 Å². The molecule has 3 rings (SSSR count). The van der Waals surface area contributed by atoms with Crippen molar-refractivity contribution in [1.82, 2.24) is 4.98 Å². The van der Waals surface area contributed by atoms with E-state index in [1.54, 1.807) is 12.1 Å². The predicted octanol–water partition coefficient (Wildman–Crippen LogP) is 2.20. The molecule has 2 aliphatic rings. The molecule has 2 aliphatic carbocycles. The van der Waals surface area contributed by atoms with Crippen LogP contribution in [0.4, 0.5) is 5.69 Å². The van der Waals surface area contributed by atoms with Crippen LogP contribution in [0.1, 0.15) is 6.42 Å². The van der Waals surface area contributed by atoms with Gasteiger partial charge in [0.25, 0.3) is 0 Å². The largest absolute Gasteiger partial charge is 0.481 e. The summed E-state index contributed by atoms with van der Waals surface area (Å²) >= 11 is 5.90. The number of hydrogen-bond donors (Lipinski definition) is 2. The van der Waals surface area contributed by atoms with E-state index in [0.717, 1.165) is 6.42 Å². The van der Waals surface area contributed by atoms with Crippen LogP contribution in [0.3, 0.4) is 0 Å². The van der Waals surface area contributed by atoms with Crippen molar-refractivity contribution in [3.8, 4) is 0 Å². The van der Waals surface area contributed by atoms with Crippen molar-refractivity contribution < 1.29 is 14.7 Å². The Morgan fingerprint density at radius 3 is 2.65 bits per heavy atom. The first-order valence-electron chi connectivity index (χ1n) is 6.40. The number of aliphatic carboxylic acids is 1. The number of carboxylic acid groups (broad SMARTS) is 1. The summed E-state index contributed by atoms with van der Waals surface area (Å²) in [7, 11) is 0. The van der Waals surface area contributed by atoms with Gasteiger partial charge in [-0.1, -0.05) is 23.8 Å². The molecule has 2 bridgehead atoms. The number of aromatic nitrogens is 1. The number of fused-ring (bicyclic) bond motifs is 2. The minimum atomic E-state index is -0.917. The van der Waals surface area contributed by atoms with Gasteiger partial charge in [-0.15, -0.1) is 0 Å². The van der Waals surface area contributed by atoms with Gasteiger partial charge in [0.05, 0.1) is 17.5 Å². The Labute approximate surface area is 120 Å². The number of nitrogens with zero attached hydrogens (tertiary/aromatic N) is 1. The van der Waals surface area contributed by atoms with E-state index in [2.05, 4.69) is 10.3 Å². The highest BCUT2D eigenvalue weighted by molar-refractivity contribution is 6.32. The second-order valence-electron chi connectivity index (χ2n) is 5.17. The molecule has 1 fully saturated rings. The van der Waals surface area contributed by atoms with Crippen molar-refractivity contribution in [2.24, 2.45) is 23.7 Å². The highest BCUT2D eigenvalue weighted by Crippen LogP contribution is 2.48. The van der Waals surface area contributed by atoms with Gasteiger partial charge >= 0.3 is 5.97 Å². The topological polar surface area (TPSA) is 79.3 Å². The number of carboxylic acids is 1. The predicted molar refractivity (Wildman–Crippen MR) is 73.2 cm³/mol. The van der Waals surface area contributed by atoms with Crippen LogP contribution in [0.15, 0.2) is 30.5 Å². The molecule has 1 saturated carbocycles. The summed E-state index contributed by atoms with van der Waals surface area (Å²) < 4.78 is 0. The average Bonchev–Trinajstić information content (AvgIpc) is 3.01. The molecule has 1 aromatic rings. The zero-order valence-electron chi connectivity index (χ0n) is 10.5. The van der Waals surface area contributed by atoms with E-state index in [1.807, 2.05) is 12.2 Å². The van der Waals surface area contributed by atoms with Gasteiger partial charge in [0.1, 0.15) is 0 Å². The SMILES string of the molecule is O=C(O)C1C2C=CC(C2)C1C(=O)Nc1cccnc1Cl. The molecule has 5 nitrogen and oxygen atoms in total. The molecule has 0 saturated heterocycles. The third kappa shape index (κ3) is 2.08. The second kappa shape index (κ2) is 4.90. The summed E-state index contributed by atoms with van der Waals surface area (Å²) in [6.07, 6.45) is 6.11. The van der Waals surface area contributed by atoms with Crippen molar-refractivity contribution in [1.29, 1.82) is 0 Å². The summed E-state index contributed by atoms with van der Waals surface area (Å²) in [6.45, 7) is 0. The molecule has 6 heteroatoms. The Bertz CT molecular complexity index is 602. The molecule has 2 N–H and O–H groups in total. The van der Waals surface area contributed by atoms with Crippen molar-refractivity contribution in [3.63, 3.8) is 0 Å². The average molecular weight is 293 g/mol. The van der Waals surface area contributed by atoms with Gasteiger partial charge in [-0.05, 0) is 30.4 Å². The van der Waals surface area contributed by atoms with Gasteiger partial charge < -0.3 is 10.4 Å². The van der Waals surface area contributed by atoms with E-state index < -0.39 is 17.8 Å². The van der Waals surface area contributed by atoms with Crippen molar-refractivity contribution in [2.75, 3.05) is 5.32 Å². The molecule has 0 spiro atoms. The molecular formula is C14H13ClN2O3. The van der Waals surface area contributed by atoms with Crippen LogP contribution in [0, 0.1) is 23.7 Å². The molecule has 0 radical (unpaired) electrons. The van der Waals surface area contributed by atoms with Gasteiger partial charge in [0.2, 0.25) is 5.91 Å². The van der Waals surface area contributed by atoms with E-state index in [0.29, 0.717) is 5.69 Å². The van der Waals surface area contributed by atoms with Crippen LogP contribution < -0.4 is 5.32 Å². The quantitative estimate of drug-likeness (QED) is 0.661. The zero-order chi connectivity index (χ0) is 14.3. The second-order valence-corrected chi connectivity index (χ2v) is 5.53. The van der Waals surface area contributed by atoms with Crippen LogP contribution in [0.2, 0.25) is 5.15 Å². The molecule has 1 heterocycles. The Morgan fingerprint density at radius 1 is 1.30 bits per heavy atom. The van der Waals surface area contributed by atoms with Crippen LogP contribution in [-0.4, -0.2) is 22.0 Å². The summed E-state index contributed by atoms with van der Waals surface area (Å²) in [5, 5.41) is 12.2. The van der Waals surface area contributed by atoms with E-state index in [-0.39, 0.29) is 22.9 Å². The zero-order valence-corrected chi connectivity index (χ0v) is 11.2. The fourth-order valence-electron chi connectivity index (χ4n) is 3.21. The number of halogens is 1. The minimum Gasteiger partial charge on any atom is -0.481 e. The number of amides is 1. The van der Waals surface area contributed by atoms with Crippen LogP contribution in [-0.2, 0) is 9.59 Å². The van der Waals surface area contributed by atoms with Gasteiger partial charge in [-0.25, -0.2) is 4.98 Å². The summed E-state index contributed by atoms with van der Waals surface area (Å²) in [4.78, 5) is 27.6. The number of carbonyl (C=O) groups excluding carboxylic acids is 1. The van der Waals surface area contributed by atoms with E-state index in [1.165, 1.54) is 6.20 Å². The fraction of sp³-hybridized carbons (Fsp3) is 0.357. The molecule has 20 heavy (non-hydrogen) atoms. The lowest BCUT2D eigenvalue weighted by Gasteiger charge is -2.23.